The molecule has 0 radical (unpaired) electrons. The van der Waals surface area contributed by atoms with Gasteiger partial charge in [0.2, 0.25) is 0 Å². The molecule has 0 saturated carbocycles. The summed E-state index contributed by atoms with van der Waals surface area (Å²) >= 11 is 0. The molecule has 1 fully saturated rings. The van der Waals surface area contributed by atoms with Crippen molar-refractivity contribution in [2.45, 2.75) is 44.0 Å². The van der Waals surface area contributed by atoms with E-state index in [2.05, 4.69) is 4.98 Å². The lowest BCUT2D eigenvalue weighted by Crippen LogP contribution is -2.47. The molecule has 1 aliphatic heterocycles. The van der Waals surface area contributed by atoms with Crippen LogP contribution < -0.4 is 11.4 Å². The highest BCUT2D eigenvalue weighted by atomic mass is 16.6. The third kappa shape index (κ3) is 2.23. The Balaban J connectivity index is 2.42. The summed E-state index contributed by atoms with van der Waals surface area (Å²) in [5.74, 6) is 0.0477. The molecule has 5 N–H and O–H groups in total. The van der Waals surface area contributed by atoms with Crippen molar-refractivity contribution in [2.75, 3.05) is 5.73 Å². The van der Waals surface area contributed by atoms with Gasteiger partial charge in [0.15, 0.2) is 6.23 Å². The number of aromatic nitrogens is 2. The quantitative estimate of drug-likeness (QED) is 0.500. The highest BCUT2D eigenvalue weighted by molar-refractivity contribution is 5.23. The van der Waals surface area contributed by atoms with E-state index in [4.69, 9.17) is 10.5 Å². The van der Waals surface area contributed by atoms with Crippen molar-refractivity contribution in [3.05, 3.63) is 22.7 Å². The molecule has 0 aromatic carbocycles. The van der Waals surface area contributed by atoms with Crippen molar-refractivity contribution >= 4 is 5.82 Å². The summed E-state index contributed by atoms with van der Waals surface area (Å²) in [7, 11) is 0. The molecule has 2 heterocycles. The fourth-order valence-electron chi connectivity index (χ4n) is 2.17. The fraction of sp³-hybridized carbons (Fsp3) is 0.636. The van der Waals surface area contributed by atoms with Gasteiger partial charge in [-0.2, -0.15) is 4.98 Å². The molecule has 1 aliphatic rings. The Morgan fingerprint density at radius 3 is 2.74 bits per heavy atom. The highest BCUT2D eigenvalue weighted by Gasteiger charge is 2.54. The summed E-state index contributed by atoms with van der Waals surface area (Å²) in [4.78, 5) is 15.3. The van der Waals surface area contributed by atoms with Crippen LogP contribution >= 0.6 is 0 Å². The smallest absolute Gasteiger partial charge is 0.351 e. The van der Waals surface area contributed by atoms with E-state index in [0.717, 1.165) is 4.57 Å². The largest absolute Gasteiger partial charge is 0.391 e. The molecule has 8 heteroatoms. The van der Waals surface area contributed by atoms with Crippen LogP contribution in [0.4, 0.5) is 5.82 Å². The number of nitrogen functional groups attached to an aromatic ring is 1. The average Bonchev–Trinajstić information content (AvgIpc) is 2.52. The van der Waals surface area contributed by atoms with E-state index in [1.807, 2.05) is 0 Å². The number of hydrogen-bond donors (Lipinski definition) is 4. The summed E-state index contributed by atoms with van der Waals surface area (Å²) < 4.78 is 6.42. The number of nitrogens with two attached hydrogens (primary N) is 1. The van der Waals surface area contributed by atoms with Crippen molar-refractivity contribution in [2.24, 2.45) is 0 Å². The van der Waals surface area contributed by atoms with Crippen LogP contribution in [0.2, 0.25) is 0 Å². The van der Waals surface area contributed by atoms with Crippen LogP contribution in [0.5, 0.6) is 0 Å². The van der Waals surface area contributed by atoms with Crippen molar-refractivity contribution < 1.29 is 20.1 Å². The molecule has 106 valence electrons. The van der Waals surface area contributed by atoms with Crippen LogP contribution in [0.15, 0.2) is 17.1 Å². The molecule has 2 rings (SSSR count). The predicted molar refractivity (Wildman–Crippen MR) is 65.1 cm³/mol. The predicted octanol–water partition coefficient (Wildman–Crippen LogP) is -1.78. The minimum atomic E-state index is -1.73. The summed E-state index contributed by atoms with van der Waals surface area (Å²) in [5, 5.41) is 29.8. The normalized spacial score (nSPS) is 36.4. The third-order valence-electron chi connectivity index (χ3n) is 3.28. The zero-order valence-corrected chi connectivity index (χ0v) is 10.6. The molecule has 1 aromatic rings. The maximum atomic E-state index is 11.7. The first-order valence-corrected chi connectivity index (χ1v) is 5.83. The van der Waals surface area contributed by atoms with E-state index < -0.39 is 35.8 Å². The Hall–Kier alpha value is -1.48. The lowest BCUT2D eigenvalue weighted by atomic mass is 9.94. The van der Waals surface area contributed by atoms with Gasteiger partial charge in [0.25, 0.3) is 0 Å². The second kappa shape index (κ2) is 4.57. The van der Waals surface area contributed by atoms with Gasteiger partial charge < -0.3 is 25.8 Å². The molecule has 0 amide bonds. The van der Waals surface area contributed by atoms with Gasteiger partial charge in [-0.1, -0.05) is 0 Å². The molecule has 1 aromatic heterocycles. The maximum Gasteiger partial charge on any atom is 0.351 e. The van der Waals surface area contributed by atoms with Crippen LogP contribution in [0.1, 0.15) is 20.1 Å². The number of hydrogen-bond acceptors (Lipinski definition) is 7. The minimum Gasteiger partial charge on any atom is -0.391 e. The van der Waals surface area contributed by atoms with Crippen molar-refractivity contribution in [3.8, 4) is 0 Å². The van der Waals surface area contributed by atoms with Crippen LogP contribution in [-0.2, 0) is 4.74 Å². The van der Waals surface area contributed by atoms with Gasteiger partial charge in [0.05, 0.1) is 6.10 Å². The summed E-state index contributed by atoms with van der Waals surface area (Å²) in [6.07, 6.45) is -3.15. The Morgan fingerprint density at radius 2 is 2.26 bits per heavy atom. The number of anilines is 1. The summed E-state index contributed by atoms with van der Waals surface area (Å²) in [6.45, 7) is 2.75. The van der Waals surface area contributed by atoms with Gasteiger partial charge in [-0.15, -0.1) is 0 Å². The van der Waals surface area contributed by atoms with Gasteiger partial charge in [0, 0.05) is 6.20 Å². The van der Waals surface area contributed by atoms with E-state index in [1.165, 1.54) is 26.1 Å². The van der Waals surface area contributed by atoms with Crippen molar-refractivity contribution in [1.29, 1.82) is 0 Å². The first-order chi connectivity index (χ1) is 8.75. The van der Waals surface area contributed by atoms with Crippen molar-refractivity contribution in [1.82, 2.24) is 9.55 Å². The SMILES string of the molecule is CC(O)[C@H]1O[C@@H](n2ccc(N)nc2=O)[C@](C)(O)[C@@H]1O. The highest BCUT2D eigenvalue weighted by Crippen LogP contribution is 2.38. The first-order valence-electron chi connectivity index (χ1n) is 5.83. The molecule has 1 unspecified atom stereocenters. The number of aliphatic hydroxyl groups excluding tert-OH is 2. The van der Waals surface area contributed by atoms with E-state index in [-0.39, 0.29) is 5.82 Å². The van der Waals surface area contributed by atoms with Crippen molar-refractivity contribution in [3.63, 3.8) is 0 Å². The van der Waals surface area contributed by atoms with E-state index in [0.29, 0.717) is 0 Å². The van der Waals surface area contributed by atoms with Gasteiger partial charge in [-0.05, 0) is 19.9 Å². The Labute approximate surface area is 109 Å². The van der Waals surface area contributed by atoms with Gasteiger partial charge >= 0.3 is 5.69 Å². The molecule has 0 spiro atoms. The number of rotatable bonds is 2. The van der Waals surface area contributed by atoms with Gasteiger partial charge in [0.1, 0.15) is 23.6 Å². The van der Waals surface area contributed by atoms with Crippen LogP contribution in [0, 0.1) is 0 Å². The molecular weight excluding hydrogens is 254 g/mol. The zero-order valence-electron chi connectivity index (χ0n) is 10.6. The van der Waals surface area contributed by atoms with Crippen LogP contribution in [0.3, 0.4) is 0 Å². The standard InChI is InChI=1S/C11H17N3O5/c1-5(15)7-8(16)11(2,18)9(19-7)14-4-3-6(12)13-10(14)17/h3-5,7-9,15-16,18H,1-2H3,(H2,12,13,17)/t5?,7-,8-,9-,11-/m1/s1. The second-order valence-corrected chi connectivity index (χ2v) is 4.91. The minimum absolute atomic E-state index is 0.0477. The number of nitrogens with zero attached hydrogens (tertiary/aromatic N) is 2. The lowest BCUT2D eigenvalue weighted by molar-refractivity contribution is -0.103. The van der Waals surface area contributed by atoms with E-state index in [9.17, 15) is 20.1 Å². The topological polar surface area (TPSA) is 131 Å². The second-order valence-electron chi connectivity index (χ2n) is 4.91. The zero-order chi connectivity index (χ0) is 14.4. The fourth-order valence-corrected chi connectivity index (χ4v) is 2.17. The molecule has 0 bridgehead atoms. The Morgan fingerprint density at radius 1 is 1.63 bits per heavy atom. The lowest BCUT2D eigenvalue weighted by Gasteiger charge is -2.27. The molecule has 5 atom stereocenters. The Bertz CT molecular complexity index is 527. The van der Waals surface area contributed by atoms with Crippen LogP contribution in [-0.4, -0.2) is 48.8 Å². The molecule has 0 aliphatic carbocycles. The summed E-state index contributed by atoms with van der Waals surface area (Å²) in [6, 6.07) is 1.38. The number of aliphatic hydroxyl groups is 3. The van der Waals surface area contributed by atoms with Gasteiger partial charge in [-0.3, -0.25) is 4.57 Å². The van der Waals surface area contributed by atoms with E-state index >= 15 is 0 Å². The summed E-state index contributed by atoms with van der Waals surface area (Å²) in [5.41, 5.74) is 2.94. The maximum absolute atomic E-state index is 11.7. The van der Waals surface area contributed by atoms with Crippen LogP contribution in [0.25, 0.3) is 0 Å². The first kappa shape index (κ1) is 13.9. The molecular formula is C11H17N3O5. The van der Waals surface area contributed by atoms with Gasteiger partial charge in [-0.25, -0.2) is 4.79 Å². The molecule has 8 nitrogen and oxygen atoms in total. The Kier molecular flexibility index (Phi) is 3.35. The monoisotopic (exact) mass is 271 g/mol. The third-order valence-corrected chi connectivity index (χ3v) is 3.28. The number of ether oxygens (including phenoxy) is 1. The molecule has 19 heavy (non-hydrogen) atoms. The molecule has 1 saturated heterocycles. The average molecular weight is 271 g/mol. The van der Waals surface area contributed by atoms with E-state index in [1.54, 1.807) is 0 Å².